The molecule has 4 nitrogen and oxygen atoms in total. The highest BCUT2D eigenvalue weighted by atomic mass is 16.3. The zero-order valence-corrected chi connectivity index (χ0v) is 11.2. The number of aromatic nitrogens is 1. The zero-order chi connectivity index (χ0) is 13.3. The number of carbonyl (C=O) groups excluding carboxylic acids is 1. The number of aliphatic hydroxyl groups is 1. The van der Waals surface area contributed by atoms with Crippen LogP contribution in [0, 0.1) is 0 Å². The van der Waals surface area contributed by atoms with Gasteiger partial charge in [0.1, 0.15) is 6.61 Å². The molecule has 0 fully saturated rings. The minimum Gasteiger partial charge on any atom is -0.387 e. The van der Waals surface area contributed by atoms with E-state index < -0.39 is 6.61 Å². The highest BCUT2D eigenvalue weighted by Gasteiger charge is 2.23. The van der Waals surface area contributed by atoms with Crippen LogP contribution < -0.4 is 0 Å². The molecule has 0 atom stereocenters. The largest absolute Gasteiger partial charge is 0.387 e. The van der Waals surface area contributed by atoms with E-state index in [9.17, 15) is 4.79 Å². The third-order valence-corrected chi connectivity index (χ3v) is 3.30. The first-order valence-corrected chi connectivity index (χ1v) is 6.29. The van der Waals surface area contributed by atoms with Gasteiger partial charge in [-0.2, -0.15) is 0 Å². The zero-order valence-electron chi connectivity index (χ0n) is 11.2. The van der Waals surface area contributed by atoms with Gasteiger partial charge in [-0.3, -0.25) is 9.78 Å². The van der Waals surface area contributed by atoms with Crippen LogP contribution in [-0.4, -0.2) is 34.0 Å². The normalized spacial score (nSPS) is 15.4. The molecule has 0 unspecified atom stereocenters. The Hall–Kier alpha value is -1.42. The van der Waals surface area contributed by atoms with Crippen molar-refractivity contribution in [1.29, 1.82) is 0 Å². The summed E-state index contributed by atoms with van der Waals surface area (Å²) >= 11 is 0. The first-order valence-electron chi connectivity index (χ1n) is 6.29. The van der Waals surface area contributed by atoms with Crippen molar-refractivity contribution in [3.63, 3.8) is 0 Å². The minimum absolute atomic E-state index is 0.0487. The van der Waals surface area contributed by atoms with Gasteiger partial charge in [0, 0.05) is 36.3 Å². The van der Waals surface area contributed by atoms with E-state index in [1.54, 1.807) is 4.90 Å². The number of carbonyl (C=O) groups is 1. The van der Waals surface area contributed by atoms with Gasteiger partial charge in [0.05, 0.1) is 0 Å². The quantitative estimate of drug-likeness (QED) is 0.814. The van der Waals surface area contributed by atoms with Gasteiger partial charge in [0.25, 0.3) is 0 Å². The van der Waals surface area contributed by atoms with E-state index >= 15 is 0 Å². The lowest BCUT2D eigenvalue weighted by molar-refractivity contribution is -0.135. The van der Waals surface area contributed by atoms with Crippen molar-refractivity contribution in [2.45, 2.75) is 39.2 Å². The van der Waals surface area contributed by atoms with Gasteiger partial charge >= 0.3 is 0 Å². The number of aliphatic hydroxyl groups excluding tert-OH is 1. The lowest BCUT2D eigenvalue weighted by Crippen LogP contribution is -2.38. The number of nitrogens with zero attached hydrogens (tertiary/aromatic N) is 2. The fraction of sp³-hybridized carbons (Fsp3) is 0.571. The molecule has 1 aliphatic rings. The predicted molar refractivity (Wildman–Crippen MR) is 69.1 cm³/mol. The van der Waals surface area contributed by atoms with Crippen molar-refractivity contribution in [2.24, 2.45) is 0 Å². The summed E-state index contributed by atoms with van der Waals surface area (Å²) in [6.07, 6.45) is 0.769. The Morgan fingerprint density at radius 3 is 2.78 bits per heavy atom. The van der Waals surface area contributed by atoms with Gasteiger partial charge in [-0.15, -0.1) is 0 Å². The molecule has 0 aromatic carbocycles. The van der Waals surface area contributed by atoms with Gasteiger partial charge in [-0.1, -0.05) is 26.8 Å². The van der Waals surface area contributed by atoms with Crippen LogP contribution in [-0.2, 0) is 23.2 Å². The Morgan fingerprint density at radius 1 is 1.44 bits per heavy atom. The maximum Gasteiger partial charge on any atom is 0.248 e. The van der Waals surface area contributed by atoms with Gasteiger partial charge in [0.15, 0.2) is 0 Å². The maximum absolute atomic E-state index is 11.5. The molecule has 0 bridgehead atoms. The Labute approximate surface area is 108 Å². The molecule has 1 aromatic heterocycles. The standard InChI is InChI=1S/C14H20N2O2/c1-14(2,3)12-5-4-10-8-16(13(18)9-17)7-6-11(10)15-12/h4-5,17H,6-9H2,1-3H3. The summed E-state index contributed by atoms with van der Waals surface area (Å²) in [5.41, 5.74) is 3.32. The highest BCUT2D eigenvalue weighted by molar-refractivity contribution is 5.77. The molecule has 2 rings (SSSR count). The lowest BCUT2D eigenvalue weighted by Gasteiger charge is -2.29. The van der Waals surface area contributed by atoms with Crippen LogP contribution in [0.2, 0.25) is 0 Å². The second kappa shape index (κ2) is 4.69. The third kappa shape index (κ3) is 2.53. The van der Waals surface area contributed by atoms with Gasteiger partial charge in [-0.05, 0) is 11.6 Å². The molecule has 0 aliphatic carbocycles. The first kappa shape index (κ1) is 13.0. The summed E-state index contributed by atoms with van der Waals surface area (Å²) in [5, 5.41) is 8.88. The van der Waals surface area contributed by atoms with Crippen LogP contribution in [0.3, 0.4) is 0 Å². The molecular formula is C14H20N2O2. The number of hydrogen-bond donors (Lipinski definition) is 1. The monoisotopic (exact) mass is 248 g/mol. The van der Waals surface area contributed by atoms with Gasteiger partial charge in [0.2, 0.25) is 5.91 Å². The number of pyridine rings is 1. The summed E-state index contributed by atoms with van der Waals surface area (Å²) in [5.74, 6) is -0.208. The summed E-state index contributed by atoms with van der Waals surface area (Å²) < 4.78 is 0. The number of fused-ring (bicyclic) bond motifs is 1. The molecule has 1 aliphatic heterocycles. The van der Waals surface area contributed by atoms with Crippen molar-refractivity contribution < 1.29 is 9.90 Å². The molecular weight excluding hydrogens is 228 g/mol. The fourth-order valence-corrected chi connectivity index (χ4v) is 2.15. The van der Waals surface area contributed by atoms with E-state index in [0.717, 1.165) is 23.4 Å². The number of amides is 1. The van der Waals surface area contributed by atoms with Crippen molar-refractivity contribution in [3.05, 3.63) is 29.1 Å². The molecule has 1 aromatic rings. The predicted octanol–water partition coefficient (Wildman–Crippen LogP) is 1.26. The molecule has 1 N–H and O–H groups in total. The summed E-state index contributed by atoms with van der Waals surface area (Å²) in [7, 11) is 0. The Kier molecular flexibility index (Phi) is 3.39. The second-order valence-electron chi connectivity index (χ2n) is 5.78. The third-order valence-electron chi connectivity index (χ3n) is 3.30. The lowest BCUT2D eigenvalue weighted by atomic mass is 9.90. The van der Waals surface area contributed by atoms with Crippen LogP contribution in [0.4, 0.5) is 0 Å². The van der Waals surface area contributed by atoms with Crippen molar-refractivity contribution in [1.82, 2.24) is 9.88 Å². The Bertz CT molecular complexity index is 463. The van der Waals surface area contributed by atoms with Crippen LogP contribution in [0.5, 0.6) is 0 Å². The molecule has 0 radical (unpaired) electrons. The number of hydrogen-bond acceptors (Lipinski definition) is 3. The van der Waals surface area contributed by atoms with Crippen LogP contribution in [0.15, 0.2) is 12.1 Å². The average molecular weight is 248 g/mol. The minimum atomic E-state index is -0.414. The molecule has 1 amide bonds. The summed E-state index contributed by atoms with van der Waals surface area (Å²) in [4.78, 5) is 17.8. The Morgan fingerprint density at radius 2 is 2.17 bits per heavy atom. The molecule has 2 heterocycles. The van der Waals surface area contributed by atoms with Crippen molar-refractivity contribution in [2.75, 3.05) is 13.2 Å². The van der Waals surface area contributed by atoms with E-state index in [0.29, 0.717) is 13.1 Å². The van der Waals surface area contributed by atoms with E-state index in [1.165, 1.54) is 0 Å². The fourth-order valence-electron chi connectivity index (χ4n) is 2.15. The SMILES string of the molecule is CC(C)(C)c1ccc2c(n1)CCN(C(=O)CO)C2. The highest BCUT2D eigenvalue weighted by Crippen LogP contribution is 2.24. The van der Waals surface area contributed by atoms with Crippen LogP contribution >= 0.6 is 0 Å². The smallest absolute Gasteiger partial charge is 0.248 e. The molecule has 4 heteroatoms. The van der Waals surface area contributed by atoms with E-state index in [-0.39, 0.29) is 11.3 Å². The van der Waals surface area contributed by atoms with Crippen molar-refractivity contribution in [3.8, 4) is 0 Å². The first-order chi connectivity index (χ1) is 8.41. The van der Waals surface area contributed by atoms with Crippen molar-refractivity contribution >= 4 is 5.91 Å². The topological polar surface area (TPSA) is 53.4 Å². The van der Waals surface area contributed by atoms with Gasteiger partial charge < -0.3 is 10.0 Å². The summed E-state index contributed by atoms with van der Waals surface area (Å²) in [6, 6.07) is 4.09. The van der Waals surface area contributed by atoms with E-state index in [2.05, 4.69) is 26.8 Å². The summed E-state index contributed by atoms with van der Waals surface area (Å²) in [6.45, 7) is 7.23. The molecule has 0 saturated heterocycles. The van der Waals surface area contributed by atoms with Crippen LogP contribution in [0.1, 0.15) is 37.7 Å². The second-order valence-corrected chi connectivity index (χ2v) is 5.78. The molecule has 98 valence electrons. The number of rotatable bonds is 1. The molecule has 18 heavy (non-hydrogen) atoms. The average Bonchev–Trinajstić information content (AvgIpc) is 2.35. The maximum atomic E-state index is 11.5. The molecule has 0 saturated carbocycles. The Balaban J connectivity index is 2.24. The van der Waals surface area contributed by atoms with Gasteiger partial charge in [-0.25, -0.2) is 0 Å². The van der Waals surface area contributed by atoms with E-state index in [4.69, 9.17) is 10.1 Å². The van der Waals surface area contributed by atoms with E-state index in [1.807, 2.05) is 6.07 Å². The molecule has 0 spiro atoms. The van der Waals surface area contributed by atoms with Crippen LogP contribution in [0.25, 0.3) is 0 Å².